The average molecular weight is 335 g/mol. The summed E-state index contributed by atoms with van der Waals surface area (Å²) in [5.41, 5.74) is 1.43. The second kappa shape index (κ2) is 4.87. The van der Waals surface area contributed by atoms with Crippen molar-refractivity contribution in [3.63, 3.8) is 0 Å². The molecule has 0 bridgehead atoms. The van der Waals surface area contributed by atoms with Crippen molar-refractivity contribution >= 4 is 5.78 Å². The van der Waals surface area contributed by atoms with Gasteiger partial charge >= 0.3 is 0 Å². The largest absolute Gasteiger partial charge is 0.299 e. The van der Waals surface area contributed by atoms with Crippen molar-refractivity contribution in [2.45, 2.75) is 52.4 Å². The number of fused-ring (bicyclic) bond motifs is 7. The molecule has 0 aromatic heterocycles. The molecule has 2 nitrogen and oxygen atoms in total. The van der Waals surface area contributed by atoms with Gasteiger partial charge in [0.1, 0.15) is 5.78 Å². The molecule has 4 saturated carbocycles. The first kappa shape index (κ1) is 15.9. The number of hydrogen-bond donors (Lipinski definition) is 0. The van der Waals surface area contributed by atoms with Gasteiger partial charge in [-0.2, -0.15) is 5.26 Å². The lowest BCUT2D eigenvalue weighted by molar-refractivity contribution is -0.121. The number of Topliss-reactive ketones (excluding diaryl/α,β-unsaturated/α-hetero) is 1. The standard InChI is InChI=1S/C23H29NO/c1-4-13-9-14-10-15(25)5-6-16(14)17-7-8-22(2)21(20(13)17)18-11-19(18)23(22,3)12-24/h4,9,13,16-21H,1,5-8,10-11H2,2-3H3/t13-,16-,17+,18+,19-,20+,21-,22-,23-/m0/s1. The van der Waals surface area contributed by atoms with Crippen LogP contribution in [-0.4, -0.2) is 5.78 Å². The van der Waals surface area contributed by atoms with E-state index < -0.39 is 0 Å². The Hall–Kier alpha value is -1.36. The SMILES string of the molecule is C=C[C@H]1C=C2CC(=O)CC[C@@H]2[C@H]2CC[C@@]3(C)[C@@H]([C@@H]4C[C@@H]4[C@]3(C)C#N)[C@H]12. The summed E-state index contributed by atoms with van der Waals surface area (Å²) in [5, 5.41) is 10.0. The molecule has 0 aliphatic heterocycles. The first-order valence-corrected chi connectivity index (χ1v) is 10.2. The minimum absolute atomic E-state index is 0.147. The second-order valence-corrected chi connectivity index (χ2v) is 9.96. The van der Waals surface area contributed by atoms with E-state index in [0.29, 0.717) is 47.7 Å². The average Bonchev–Trinajstić information content (AvgIpc) is 3.36. The molecule has 5 rings (SSSR count). The van der Waals surface area contributed by atoms with Crippen LogP contribution in [-0.2, 0) is 4.79 Å². The normalized spacial score (nSPS) is 55.8. The Morgan fingerprint density at radius 2 is 2.12 bits per heavy atom. The van der Waals surface area contributed by atoms with Gasteiger partial charge in [-0.25, -0.2) is 0 Å². The van der Waals surface area contributed by atoms with Crippen LogP contribution < -0.4 is 0 Å². The molecule has 4 fully saturated rings. The number of carbonyl (C=O) groups is 1. The minimum Gasteiger partial charge on any atom is -0.299 e. The first-order chi connectivity index (χ1) is 11.9. The van der Waals surface area contributed by atoms with Gasteiger partial charge in [0.25, 0.3) is 0 Å². The molecule has 9 atom stereocenters. The van der Waals surface area contributed by atoms with Crippen molar-refractivity contribution < 1.29 is 4.79 Å². The Kier molecular flexibility index (Phi) is 3.09. The lowest BCUT2D eigenvalue weighted by Gasteiger charge is -2.57. The molecule has 0 aromatic carbocycles. The fourth-order valence-electron chi connectivity index (χ4n) is 7.99. The van der Waals surface area contributed by atoms with Gasteiger partial charge in [-0.1, -0.05) is 24.6 Å². The summed E-state index contributed by atoms with van der Waals surface area (Å²) in [4.78, 5) is 12.0. The van der Waals surface area contributed by atoms with Crippen molar-refractivity contribution in [1.29, 1.82) is 5.26 Å². The number of allylic oxidation sites excluding steroid dienone is 3. The molecule has 0 saturated heterocycles. The molecule has 0 aromatic rings. The Balaban J connectivity index is 1.59. The maximum atomic E-state index is 12.0. The highest BCUT2D eigenvalue weighted by atomic mass is 16.1. The minimum atomic E-state index is -0.147. The van der Waals surface area contributed by atoms with Gasteiger partial charge < -0.3 is 0 Å². The first-order valence-electron chi connectivity index (χ1n) is 10.2. The van der Waals surface area contributed by atoms with Crippen LogP contribution in [0.2, 0.25) is 0 Å². The highest BCUT2D eigenvalue weighted by Crippen LogP contribution is 2.79. The summed E-state index contributed by atoms with van der Waals surface area (Å²) >= 11 is 0. The van der Waals surface area contributed by atoms with Crippen molar-refractivity contribution in [2.24, 2.45) is 52.3 Å². The monoisotopic (exact) mass is 335 g/mol. The second-order valence-electron chi connectivity index (χ2n) is 9.96. The molecular formula is C23H29NO. The summed E-state index contributed by atoms with van der Waals surface area (Å²) < 4.78 is 0. The number of rotatable bonds is 1. The Bertz CT molecular complexity index is 729. The lowest BCUT2D eigenvalue weighted by Crippen LogP contribution is -2.52. The van der Waals surface area contributed by atoms with Crippen LogP contribution in [0.5, 0.6) is 0 Å². The number of nitrogens with zero attached hydrogens (tertiary/aromatic N) is 1. The zero-order valence-electron chi connectivity index (χ0n) is 15.5. The van der Waals surface area contributed by atoms with Crippen molar-refractivity contribution in [2.75, 3.05) is 0 Å². The van der Waals surface area contributed by atoms with Crippen molar-refractivity contribution in [3.8, 4) is 6.07 Å². The maximum Gasteiger partial charge on any atom is 0.136 e. The number of hydrogen-bond acceptors (Lipinski definition) is 2. The number of nitriles is 1. The van der Waals surface area contributed by atoms with E-state index in [-0.39, 0.29) is 10.8 Å². The number of ketones is 1. The zero-order valence-corrected chi connectivity index (χ0v) is 15.5. The summed E-state index contributed by atoms with van der Waals surface area (Å²) in [6.07, 6.45) is 10.8. The zero-order chi connectivity index (χ0) is 17.6. The summed E-state index contributed by atoms with van der Waals surface area (Å²) in [5.74, 6) is 4.83. The van der Waals surface area contributed by atoms with Crippen LogP contribution >= 0.6 is 0 Å². The molecule has 0 amide bonds. The van der Waals surface area contributed by atoms with Gasteiger partial charge in [0.15, 0.2) is 0 Å². The smallest absolute Gasteiger partial charge is 0.136 e. The van der Waals surface area contributed by atoms with Crippen LogP contribution in [0.4, 0.5) is 0 Å². The van der Waals surface area contributed by atoms with Gasteiger partial charge in [0.05, 0.1) is 11.5 Å². The van der Waals surface area contributed by atoms with Crippen LogP contribution in [0.25, 0.3) is 0 Å². The highest BCUT2D eigenvalue weighted by molar-refractivity contribution is 5.82. The quantitative estimate of drug-likeness (QED) is 0.638. The summed E-state index contributed by atoms with van der Waals surface area (Å²) in [6, 6.07) is 2.78. The van der Waals surface area contributed by atoms with E-state index in [4.69, 9.17) is 0 Å². The van der Waals surface area contributed by atoms with E-state index in [1.165, 1.54) is 24.8 Å². The molecule has 0 unspecified atom stereocenters. The molecule has 0 radical (unpaired) electrons. The molecule has 5 aliphatic carbocycles. The van der Waals surface area contributed by atoms with Crippen LogP contribution in [0, 0.1) is 63.6 Å². The van der Waals surface area contributed by atoms with Crippen LogP contribution in [0.3, 0.4) is 0 Å². The van der Waals surface area contributed by atoms with E-state index in [1.807, 2.05) is 0 Å². The van der Waals surface area contributed by atoms with Gasteiger partial charge in [-0.3, -0.25) is 4.79 Å². The summed E-state index contributed by atoms with van der Waals surface area (Å²) in [6.45, 7) is 8.85. The van der Waals surface area contributed by atoms with Crippen LogP contribution in [0.1, 0.15) is 52.4 Å². The van der Waals surface area contributed by atoms with E-state index in [2.05, 4.69) is 38.6 Å². The molecule has 132 valence electrons. The molecule has 0 N–H and O–H groups in total. The van der Waals surface area contributed by atoms with Crippen molar-refractivity contribution in [3.05, 3.63) is 24.3 Å². The molecule has 0 spiro atoms. The lowest BCUT2D eigenvalue weighted by atomic mass is 9.46. The fraction of sp³-hybridized carbons (Fsp3) is 0.739. The van der Waals surface area contributed by atoms with Gasteiger partial charge in [-0.15, -0.1) is 6.58 Å². The Morgan fingerprint density at radius 1 is 1.32 bits per heavy atom. The Morgan fingerprint density at radius 3 is 2.84 bits per heavy atom. The topological polar surface area (TPSA) is 40.9 Å². The molecule has 0 heterocycles. The van der Waals surface area contributed by atoms with E-state index >= 15 is 0 Å². The third-order valence-corrected chi connectivity index (χ3v) is 9.35. The summed E-state index contributed by atoms with van der Waals surface area (Å²) in [7, 11) is 0. The van der Waals surface area contributed by atoms with E-state index in [9.17, 15) is 10.1 Å². The Labute approximate surface area is 151 Å². The number of carbonyl (C=O) groups excluding carboxylic acids is 1. The van der Waals surface area contributed by atoms with Gasteiger partial charge in [-0.05, 0) is 79.4 Å². The molecule has 25 heavy (non-hydrogen) atoms. The van der Waals surface area contributed by atoms with Crippen LogP contribution in [0.15, 0.2) is 24.3 Å². The predicted octanol–water partition coefficient (Wildman–Crippen LogP) is 4.93. The van der Waals surface area contributed by atoms with Crippen molar-refractivity contribution in [1.82, 2.24) is 0 Å². The molecule has 2 heteroatoms. The van der Waals surface area contributed by atoms with E-state index in [0.717, 1.165) is 18.8 Å². The molecular weight excluding hydrogens is 306 g/mol. The molecule has 5 aliphatic rings. The predicted molar refractivity (Wildman–Crippen MR) is 97.2 cm³/mol. The highest BCUT2D eigenvalue weighted by Gasteiger charge is 2.75. The van der Waals surface area contributed by atoms with Gasteiger partial charge in [0.2, 0.25) is 0 Å². The van der Waals surface area contributed by atoms with Gasteiger partial charge in [0, 0.05) is 12.8 Å². The third-order valence-electron chi connectivity index (χ3n) is 9.35. The van der Waals surface area contributed by atoms with E-state index in [1.54, 1.807) is 0 Å². The maximum absolute atomic E-state index is 12.0. The third kappa shape index (κ3) is 1.78. The fourth-order valence-corrected chi connectivity index (χ4v) is 7.99.